The van der Waals surface area contributed by atoms with Gasteiger partial charge in [0.25, 0.3) is 0 Å². The molecule has 1 rings (SSSR count). The highest BCUT2D eigenvalue weighted by molar-refractivity contribution is 5.78. The molecule has 2 atom stereocenters. The van der Waals surface area contributed by atoms with Gasteiger partial charge in [0, 0.05) is 6.04 Å². The van der Waals surface area contributed by atoms with Crippen LogP contribution in [0.5, 0.6) is 0 Å². The van der Waals surface area contributed by atoms with E-state index in [1.54, 1.807) is 6.92 Å². The van der Waals surface area contributed by atoms with Crippen molar-refractivity contribution in [3.63, 3.8) is 0 Å². The minimum Gasteiger partial charge on any atom is -0.384 e. The van der Waals surface area contributed by atoms with Crippen LogP contribution in [-0.2, 0) is 5.60 Å². The summed E-state index contributed by atoms with van der Waals surface area (Å²) in [7, 11) is 0. The molecule has 4 heteroatoms. The normalized spacial score (nSPS) is 16.4. The van der Waals surface area contributed by atoms with Crippen LogP contribution in [0.25, 0.3) is 0 Å². The molecular weight excluding hydrogens is 274 g/mol. The molecule has 0 aliphatic carbocycles. The molecule has 0 saturated heterocycles. The van der Waals surface area contributed by atoms with E-state index in [9.17, 15) is 5.11 Å². The maximum atomic E-state index is 10.5. The Labute approximate surface area is 134 Å². The molecule has 22 heavy (non-hydrogen) atoms. The van der Waals surface area contributed by atoms with Gasteiger partial charge in [-0.05, 0) is 31.7 Å². The van der Waals surface area contributed by atoms with E-state index >= 15 is 0 Å². The largest absolute Gasteiger partial charge is 0.384 e. The maximum absolute atomic E-state index is 10.5. The molecule has 4 N–H and O–H groups in total. The first-order chi connectivity index (χ1) is 10.3. The molecule has 0 aromatic heterocycles. The molecule has 0 heterocycles. The number of aliphatic hydroxyl groups is 1. The summed E-state index contributed by atoms with van der Waals surface area (Å²) >= 11 is 0. The van der Waals surface area contributed by atoms with Crippen molar-refractivity contribution in [2.24, 2.45) is 16.6 Å². The first-order valence-corrected chi connectivity index (χ1v) is 8.15. The molecular formula is C18H31N3O. The molecule has 1 aromatic rings. The number of nitrogens with one attached hydrogen (secondary N) is 1. The third-order valence-corrected chi connectivity index (χ3v) is 3.77. The fourth-order valence-electron chi connectivity index (χ4n) is 2.33. The minimum absolute atomic E-state index is 0.245. The van der Waals surface area contributed by atoms with E-state index < -0.39 is 5.60 Å². The van der Waals surface area contributed by atoms with Crippen LogP contribution in [0.3, 0.4) is 0 Å². The van der Waals surface area contributed by atoms with Gasteiger partial charge in [-0.3, -0.25) is 4.99 Å². The molecule has 0 fully saturated rings. The highest BCUT2D eigenvalue weighted by atomic mass is 16.3. The van der Waals surface area contributed by atoms with Gasteiger partial charge in [-0.25, -0.2) is 0 Å². The van der Waals surface area contributed by atoms with E-state index in [4.69, 9.17) is 5.73 Å². The van der Waals surface area contributed by atoms with Crippen LogP contribution in [-0.4, -0.2) is 23.7 Å². The molecule has 0 saturated carbocycles. The van der Waals surface area contributed by atoms with Gasteiger partial charge in [0.05, 0.1) is 6.54 Å². The smallest absolute Gasteiger partial charge is 0.188 e. The number of aliphatic imine (C=N–C) groups is 1. The van der Waals surface area contributed by atoms with Gasteiger partial charge in [-0.2, -0.15) is 0 Å². The van der Waals surface area contributed by atoms with Crippen molar-refractivity contribution in [3.8, 4) is 0 Å². The summed E-state index contributed by atoms with van der Waals surface area (Å²) in [5.74, 6) is 1.13. The Morgan fingerprint density at radius 2 is 1.86 bits per heavy atom. The monoisotopic (exact) mass is 305 g/mol. The van der Waals surface area contributed by atoms with Gasteiger partial charge in [-0.15, -0.1) is 0 Å². The van der Waals surface area contributed by atoms with Crippen molar-refractivity contribution in [1.82, 2.24) is 5.32 Å². The van der Waals surface area contributed by atoms with Crippen LogP contribution >= 0.6 is 0 Å². The molecule has 4 nitrogen and oxygen atoms in total. The summed E-state index contributed by atoms with van der Waals surface area (Å²) in [6, 6.07) is 9.83. The van der Waals surface area contributed by atoms with Crippen LogP contribution in [0.1, 0.15) is 52.5 Å². The Hall–Kier alpha value is -1.55. The number of nitrogens with zero attached hydrogens (tertiary/aromatic N) is 1. The number of guanidine groups is 1. The second kappa shape index (κ2) is 8.79. The molecule has 124 valence electrons. The Bertz CT molecular complexity index is 455. The van der Waals surface area contributed by atoms with E-state index in [0.717, 1.165) is 17.9 Å². The lowest BCUT2D eigenvalue weighted by Crippen LogP contribution is -2.39. The lowest BCUT2D eigenvalue weighted by Gasteiger charge is -2.22. The molecule has 0 aliphatic rings. The Balaban J connectivity index is 2.45. The standard InChI is InChI=1S/C18H31N3O/c1-14(2)9-8-10-15(3)21-17(19)20-13-18(4,22)16-11-6-5-7-12-16/h5-7,11-12,14-15,22H,8-10,13H2,1-4H3,(H3,19,20,21). The predicted octanol–water partition coefficient (Wildman–Crippen LogP) is 3.01. The van der Waals surface area contributed by atoms with E-state index in [1.165, 1.54) is 12.8 Å². The van der Waals surface area contributed by atoms with Gasteiger partial charge >= 0.3 is 0 Å². The van der Waals surface area contributed by atoms with E-state index in [1.807, 2.05) is 30.3 Å². The predicted molar refractivity (Wildman–Crippen MR) is 93.8 cm³/mol. The van der Waals surface area contributed by atoms with Crippen molar-refractivity contribution in [1.29, 1.82) is 0 Å². The zero-order valence-electron chi connectivity index (χ0n) is 14.3. The summed E-state index contributed by atoms with van der Waals surface area (Å²) in [6.07, 6.45) is 3.48. The van der Waals surface area contributed by atoms with Crippen molar-refractivity contribution in [2.45, 2.75) is 58.6 Å². The van der Waals surface area contributed by atoms with Crippen LogP contribution in [0, 0.1) is 5.92 Å². The average molecular weight is 305 g/mol. The van der Waals surface area contributed by atoms with E-state index in [0.29, 0.717) is 12.0 Å². The van der Waals surface area contributed by atoms with E-state index in [2.05, 4.69) is 31.1 Å². The topological polar surface area (TPSA) is 70.6 Å². The van der Waals surface area contributed by atoms with Gasteiger partial charge in [-0.1, -0.05) is 57.0 Å². The Morgan fingerprint density at radius 3 is 2.45 bits per heavy atom. The maximum Gasteiger partial charge on any atom is 0.188 e. The summed E-state index contributed by atoms with van der Waals surface area (Å²) < 4.78 is 0. The van der Waals surface area contributed by atoms with Crippen molar-refractivity contribution in [3.05, 3.63) is 35.9 Å². The zero-order chi connectivity index (χ0) is 16.6. The third kappa shape index (κ3) is 6.94. The Kier molecular flexibility index (Phi) is 7.39. The van der Waals surface area contributed by atoms with Crippen LogP contribution in [0.15, 0.2) is 35.3 Å². The second-order valence-electron chi connectivity index (χ2n) is 6.71. The fraction of sp³-hybridized carbons (Fsp3) is 0.611. The molecule has 0 amide bonds. The highest BCUT2D eigenvalue weighted by Gasteiger charge is 2.22. The fourth-order valence-corrected chi connectivity index (χ4v) is 2.33. The quantitative estimate of drug-likeness (QED) is 0.511. The number of rotatable bonds is 8. The SMILES string of the molecule is CC(C)CCCC(C)NC(N)=NCC(C)(O)c1ccccc1. The average Bonchev–Trinajstić information content (AvgIpc) is 2.46. The van der Waals surface area contributed by atoms with Crippen LogP contribution < -0.4 is 11.1 Å². The summed E-state index contributed by atoms with van der Waals surface area (Å²) in [5, 5.41) is 13.7. The van der Waals surface area contributed by atoms with E-state index in [-0.39, 0.29) is 6.54 Å². The molecule has 1 aromatic carbocycles. The van der Waals surface area contributed by atoms with Crippen molar-refractivity contribution in [2.75, 3.05) is 6.54 Å². The molecule has 0 spiro atoms. The van der Waals surface area contributed by atoms with Crippen LogP contribution in [0.4, 0.5) is 0 Å². The lowest BCUT2D eigenvalue weighted by atomic mass is 9.96. The van der Waals surface area contributed by atoms with Crippen LogP contribution in [0.2, 0.25) is 0 Å². The first-order valence-electron chi connectivity index (χ1n) is 8.15. The first kappa shape index (κ1) is 18.5. The molecule has 0 bridgehead atoms. The van der Waals surface area contributed by atoms with Crippen molar-refractivity contribution >= 4 is 5.96 Å². The molecule has 0 aliphatic heterocycles. The number of hydrogen-bond acceptors (Lipinski definition) is 2. The minimum atomic E-state index is -1.01. The summed E-state index contributed by atoms with van der Waals surface area (Å²) in [4.78, 5) is 4.29. The third-order valence-electron chi connectivity index (χ3n) is 3.77. The lowest BCUT2D eigenvalue weighted by molar-refractivity contribution is 0.0673. The van der Waals surface area contributed by atoms with Gasteiger partial charge in [0.15, 0.2) is 5.96 Å². The van der Waals surface area contributed by atoms with Gasteiger partial charge < -0.3 is 16.2 Å². The van der Waals surface area contributed by atoms with Gasteiger partial charge in [0.2, 0.25) is 0 Å². The number of hydrogen-bond donors (Lipinski definition) is 3. The number of benzene rings is 1. The van der Waals surface area contributed by atoms with Crippen molar-refractivity contribution < 1.29 is 5.11 Å². The zero-order valence-corrected chi connectivity index (χ0v) is 14.3. The summed E-state index contributed by atoms with van der Waals surface area (Å²) in [6.45, 7) is 8.58. The van der Waals surface area contributed by atoms with Gasteiger partial charge in [0.1, 0.15) is 5.60 Å². The molecule has 2 unspecified atom stereocenters. The summed E-state index contributed by atoms with van der Waals surface area (Å²) in [5.41, 5.74) is 5.76. The number of nitrogens with two attached hydrogens (primary N) is 1. The molecule has 0 radical (unpaired) electrons. The second-order valence-corrected chi connectivity index (χ2v) is 6.71. The highest BCUT2D eigenvalue weighted by Crippen LogP contribution is 2.20. The Morgan fingerprint density at radius 1 is 1.23 bits per heavy atom.